The predicted octanol–water partition coefficient (Wildman–Crippen LogP) is 3.56. The Bertz CT molecular complexity index is 424. The lowest BCUT2D eigenvalue weighted by atomic mass is 9.85. The number of ether oxygens (including phenoxy) is 1. The van der Waals surface area contributed by atoms with E-state index in [0.29, 0.717) is 6.42 Å². The lowest BCUT2D eigenvalue weighted by Crippen LogP contribution is -2.30. The van der Waals surface area contributed by atoms with Crippen molar-refractivity contribution in [1.29, 1.82) is 0 Å². The molecule has 0 saturated carbocycles. The average molecular weight is 334 g/mol. The molecule has 2 atom stereocenters. The molecule has 0 aliphatic carbocycles. The molecule has 0 rings (SSSR count). The molecule has 0 radical (unpaired) electrons. The van der Waals surface area contributed by atoms with Crippen molar-refractivity contribution >= 4 is 19.3 Å². The number of rotatable bonds is 11. The quantitative estimate of drug-likeness (QED) is 0.249. The van der Waals surface area contributed by atoms with Gasteiger partial charge in [0.15, 0.2) is 0 Å². The molecule has 0 heterocycles. The largest absolute Gasteiger partial charge is 0.468 e. The van der Waals surface area contributed by atoms with Crippen LogP contribution in [0.15, 0.2) is 11.9 Å². The molecule has 0 saturated heterocycles. The summed E-state index contributed by atoms with van der Waals surface area (Å²) >= 11 is 0. The molecule has 0 N–H and O–H groups in total. The van der Waals surface area contributed by atoms with Crippen LogP contribution in [0.4, 0.5) is 0 Å². The first-order valence-corrected chi connectivity index (χ1v) is 8.95. The Morgan fingerprint density at radius 2 is 1.73 bits per heavy atom. The Morgan fingerprint density at radius 3 is 2.14 bits per heavy atom. The summed E-state index contributed by atoms with van der Waals surface area (Å²) < 4.78 is 26.5. The number of hydrogen-bond acceptors (Lipinski definition) is 6. The number of carbonyl (C=O) groups excluding carboxylic acids is 2. The van der Waals surface area contributed by atoms with E-state index in [1.165, 1.54) is 34.1 Å². The van der Waals surface area contributed by atoms with E-state index in [0.717, 1.165) is 19.3 Å². The summed E-state index contributed by atoms with van der Waals surface area (Å²) in [6.07, 6.45) is 5.07. The Balaban J connectivity index is 5.32. The molecule has 0 aromatic rings. The molecule has 7 heteroatoms. The van der Waals surface area contributed by atoms with Crippen molar-refractivity contribution in [3.8, 4) is 0 Å². The Kier molecular flexibility index (Phi) is 10.2. The fraction of sp³-hybridized carbons (Fsp3) is 0.733. The van der Waals surface area contributed by atoms with E-state index < -0.39 is 25.4 Å². The van der Waals surface area contributed by atoms with Crippen molar-refractivity contribution in [3.05, 3.63) is 11.9 Å². The Morgan fingerprint density at radius 1 is 1.14 bits per heavy atom. The maximum absolute atomic E-state index is 12.1. The summed E-state index contributed by atoms with van der Waals surface area (Å²) in [7, 11) is 0.486. The normalized spacial score (nSPS) is 14.8. The van der Waals surface area contributed by atoms with Gasteiger partial charge in [-0.25, -0.2) is 0 Å². The highest BCUT2D eigenvalue weighted by atomic mass is 31.2. The molecular formula is C15H27O6P. The zero-order chi connectivity index (χ0) is 17.2. The van der Waals surface area contributed by atoms with E-state index in [2.05, 4.69) is 6.92 Å². The second-order valence-electron chi connectivity index (χ2n) is 5.02. The third-order valence-corrected chi connectivity index (χ3v) is 5.04. The Hall–Kier alpha value is -0.970. The minimum atomic E-state index is -3.33. The molecule has 0 aromatic carbocycles. The van der Waals surface area contributed by atoms with Gasteiger partial charge >= 0.3 is 13.6 Å². The van der Waals surface area contributed by atoms with Gasteiger partial charge in [0.2, 0.25) is 0 Å². The summed E-state index contributed by atoms with van der Waals surface area (Å²) in [6.45, 7) is 3.42. The zero-order valence-corrected chi connectivity index (χ0v) is 14.9. The number of Topliss-reactive ketones (excluding diaryl/α,β-unsaturated/α-hetero) is 1. The number of hydrogen-bond donors (Lipinski definition) is 0. The van der Waals surface area contributed by atoms with Crippen LogP contribution in [0.2, 0.25) is 0 Å². The van der Waals surface area contributed by atoms with Gasteiger partial charge in [0.25, 0.3) is 0 Å². The summed E-state index contributed by atoms with van der Waals surface area (Å²) in [4.78, 5) is 23.7. The van der Waals surface area contributed by atoms with Gasteiger partial charge in [0.1, 0.15) is 11.7 Å². The van der Waals surface area contributed by atoms with E-state index in [4.69, 9.17) is 13.8 Å². The van der Waals surface area contributed by atoms with Crippen molar-refractivity contribution in [1.82, 2.24) is 0 Å². The van der Waals surface area contributed by atoms with E-state index in [-0.39, 0.29) is 5.78 Å². The van der Waals surface area contributed by atoms with E-state index >= 15 is 0 Å². The SMILES string of the molecule is CCCCCC(/C=C/P(=O)(OC)OC)C(C(C)=O)C(=O)OC. The standard InChI is InChI=1S/C15H27O6P/c1-6-7-8-9-13(10-11-22(18,20-4)21-5)14(12(2)16)15(17)19-3/h10-11,13-14H,6-9H2,1-5H3/b11-10+. The smallest absolute Gasteiger partial charge is 0.353 e. The van der Waals surface area contributed by atoms with Crippen molar-refractivity contribution in [3.63, 3.8) is 0 Å². The first-order valence-electron chi connectivity index (χ1n) is 7.34. The van der Waals surface area contributed by atoms with Crippen molar-refractivity contribution < 1.29 is 27.9 Å². The summed E-state index contributed by atoms with van der Waals surface area (Å²) in [6, 6.07) is 0. The minimum absolute atomic E-state index is 0.275. The molecule has 0 spiro atoms. The second kappa shape index (κ2) is 10.7. The van der Waals surface area contributed by atoms with E-state index in [1.807, 2.05) is 0 Å². The third-order valence-electron chi connectivity index (χ3n) is 3.49. The van der Waals surface area contributed by atoms with Crippen LogP contribution in [0.1, 0.15) is 39.5 Å². The summed E-state index contributed by atoms with van der Waals surface area (Å²) in [5.74, 6) is -0.843. The minimum Gasteiger partial charge on any atom is -0.468 e. The highest BCUT2D eigenvalue weighted by Crippen LogP contribution is 2.48. The van der Waals surface area contributed by atoms with Gasteiger partial charge in [-0.3, -0.25) is 14.2 Å². The number of esters is 1. The molecule has 0 aromatic heterocycles. The van der Waals surface area contributed by atoms with Crippen LogP contribution in [0.25, 0.3) is 0 Å². The lowest BCUT2D eigenvalue weighted by molar-refractivity contribution is -0.150. The summed E-state index contributed by atoms with van der Waals surface area (Å²) in [5.41, 5.74) is 0. The van der Waals surface area contributed by atoms with Gasteiger partial charge in [-0.2, -0.15) is 0 Å². The first kappa shape index (κ1) is 21.0. The van der Waals surface area contributed by atoms with Gasteiger partial charge in [-0.15, -0.1) is 0 Å². The van der Waals surface area contributed by atoms with Crippen LogP contribution in [0.3, 0.4) is 0 Å². The molecule has 0 amide bonds. The number of carbonyl (C=O) groups is 2. The van der Waals surface area contributed by atoms with Crippen LogP contribution in [0, 0.1) is 11.8 Å². The molecule has 2 unspecified atom stereocenters. The topological polar surface area (TPSA) is 78.9 Å². The van der Waals surface area contributed by atoms with Crippen molar-refractivity contribution in [2.24, 2.45) is 11.8 Å². The molecule has 128 valence electrons. The third kappa shape index (κ3) is 6.86. The number of allylic oxidation sites excluding steroid dienone is 1. The molecule has 0 fully saturated rings. The zero-order valence-electron chi connectivity index (χ0n) is 14.0. The molecule has 0 bridgehead atoms. The van der Waals surface area contributed by atoms with E-state index in [9.17, 15) is 14.2 Å². The molecule has 0 aliphatic rings. The van der Waals surface area contributed by atoms with Gasteiger partial charge in [-0.1, -0.05) is 32.3 Å². The van der Waals surface area contributed by atoms with Gasteiger partial charge < -0.3 is 13.8 Å². The maximum Gasteiger partial charge on any atom is 0.353 e. The molecule has 0 aliphatic heterocycles. The second-order valence-corrected chi connectivity index (χ2v) is 7.13. The maximum atomic E-state index is 12.1. The van der Waals surface area contributed by atoms with Gasteiger partial charge in [-0.05, 0) is 19.3 Å². The van der Waals surface area contributed by atoms with Crippen molar-refractivity contribution in [2.75, 3.05) is 21.3 Å². The van der Waals surface area contributed by atoms with Gasteiger partial charge in [0.05, 0.1) is 7.11 Å². The molecule has 22 heavy (non-hydrogen) atoms. The summed E-state index contributed by atoms with van der Waals surface area (Å²) in [5, 5.41) is 0. The fourth-order valence-electron chi connectivity index (χ4n) is 2.19. The van der Waals surface area contributed by atoms with E-state index in [1.54, 1.807) is 6.08 Å². The van der Waals surface area contributed by atoms with Crippen molar-refractivity contribution in [2.45, 2.75) is 39.5 Å². The van der Waals surface area contributed by atoms with Crippen LogP contribution >= 0.6 is 7.60 Å². The number of ketones is 1. The first-order chi connectivity index (χ1) is 10.3. The van der Waals surface area contributed by atoms with Crippen LogP contribution in [-0.2, 0) is 27.9 Å². The van der Waals surface area contributed by atoms with Gasteiger partial charge in [0, 0.05) is 20.0 Å². The average Bonchev–Trinajstić information content (AvgIpc) is 2.51. The highest BCUT2D eigenvalue weighted by Gasteiger charge is 2.32. The van der Waals surface area contributed by atoms with Crippen LogP contribution in [0.5, 0.6) is 0 Å². The fourth-order valence-corrected chi connectivity index (χ4v) is 3.01. The number of unbranched alkanes of at least 4 members (excludes halogenated alkanes) is 2. The van der Waals surface area contributed by atoms with Crippen LogP contribution < -0.4 is 0 Å². The molecule has 6 nitrogen and oxygen atoms in total. The van der Waals surface area contributed by atoms with Crippen LogP contribution in [-0.4, -0.2) is 33.1 Å². The molecular weight excluding hydrogens is 307 g/mol. The number of methoxy groups -OCH3 is 1. The highest BCUT2D eigenvalue weighted by molar-refractivity contribution is 7.57. The Labute approximate surface area is 132 Å². The lowest BCUT2D eigenvalue weighted by Gasteiger charge is -2.21. The predicted molar refractivity (Wildman–Crippen MR) is 84.6 cm³/mol. The monoisotopic (exact) mass is 334 g/mol.